The molecule has 0 bridgehead atoms. The number of carbonyl (C=O) groups is 1. The van der Waals surface area contributed by atoms with Gasteiger partial charge in [0.05, 0.1) is 29.9 Å². The van der Waals surface area contributed by atoms with Gasteiger partial charge >= 0.3 is 5.97 Å². The van der Waals surface area contributed by atoms with Crippen LogP contribution in [0.2, 0.25) is 0 Å². The molecule has 2 N–H and O–H groups in total. The molecule has 0 aromatic heterocycles. The Hall–Kier alpha value is -1.76. The maximum absolute atomic E-state index is 11.9. The smallest absolute Gasteiger partial charge is 0.338 e. The minimum atomic E-state index is -3.06. The zero-order chi connectivity index (χ0) is 14.0. The third-order valence-corrected chi connectivity index (χ3v) is 4.67. The van der Waals surface area contributed by atoms with Gasteiger partial charge in [-0.05, 0) is 24.6 Å². The molecule has 1 heterocycles. The molecular formula is C12H15NO5S. The molecule has 0 saturated carbocycles. The van der Waals surface area contributed by atoms with E-state index in [2.05, 4.69) is 0 Å². The number of carbonyl (C=O) groups excluding carboxylic acids is 1. The van der Waals surface area contributed by atoms with Crippen LogP contribution in [0.4, 0.5) is 5.69 Å². The Morgan fingerprint density at radius 3 is 2.74 bits per heavy atom. The van der Waals surface area contributed by atoms with Gasteiger partial charge in [-0.25, -0.2) is 13.2 Å². The summed E-state index contributed by atoms with van der Waals surface area (Å²) in [5.41, 5.74) is 6.35. The summed E-state index contributed by atoms with van der Waals surface area (Å²) in [5.74, 6) is -0.227. The number of esters is 1. The summed E-state index contributed by atoms with van der Waals surface area (Å²) in [4.78, 5) is 11.9. The molecule has 0 amide bonds. The summed E-state index contributed by atoms with van der Waals surface area (Å²) in [6.45, 7) is 0. The van der Waals surface area contributed by atoms with E-state index in [1.165, 1.54) is 19.2 Å². The highest BCUT2D eigenvalue weighted by Crippen LogP contribution is 2.23. The lowest BCUT2D eigenvalue weighted by Crippen LogP contribution is -2.19. The van der Waals surface area contributed by atoms with Crippen LogP contribution in [-0.4, -0.2) is 39.1 Å². The first-order chi connectivity index (χ1) is 8.91. The molecule has 0 spiro atoms. The molecule has 1 aliphatic rings. The van der Waals surface area contributed by atoms with E-state index in [0.29, 0.717) is 17.9 Å². The van der Waals surface area contributed by atoms with Gasteiger partial charge in [0, 0.05) is 0 Å². The number of anilines is 1. The highest BCUT2D eigenvalue weighted by molar-refractivity contribution is 7.91. The van der Waals surface area contributed by atoms with E-state index in [-0.39, 0.29) is 17.1 Å². The zero-order valence-electron chi connectivity index (χ0n) is 10.5. The molecule has 1 unspecified atom stereocenters. The number of nitrogen functional groups attached to an aromatic ring is 1. The van der Waals surface area contributed by atoms with Gasteiger partial charge in [0.2, 0.25) is 0 Å². The summed E-state index contributed by atoms with van der Waals surface area (Å²) in [6, 6.07) is 4.53. The summed E-state index contributed by atoms with van der Waals surface area (Å²) in [7, 11) is -1.62. The van der Waals surface area contributed by atoms with E-state index >= 15 is 0 Å². The average Bonchev–Trinajstić information content (AvgIpc) is 2.69. The second-order valence-electron chi connectivity index (χ2n) is 4.39. The van der Waals surface area contributed by atoms with Gasteiger partial charge in [-0.3, -0.25) is 0 Å². The molecule has 1 aliphatic heterocycles. The number of rotatable bonds is 3. The van der Waals surface area contributed by atoms with Crippen LogP contribution in [0.1, 0.15) is 16.8 Å². The lowest BCUT2D eigenvalue weighted by molar-refractivity contribution is 0.0356. The fourth-order valence-corrected chi connectivity index (χ4v) is 3.50. The fraction of sp³-hybridized carbons (Fsp3) is 0.417. The second-order valence-corrected chi connectivity index (χ2v) is 6.62. The van der Waals surface area contributed by atoms with Gasteiger partial charge in [0.25, 0.3) is 0 Å². The Labute approximate surface area is 111 Å². The molecule has 1 atom stereocenters. The Kier molecular flexibility index (Phi) is 3.66. The number of benzene rings is 1. The molecule has 6 nitrogen and oxygen atoms in total. The van der Waals surface area contributed by atoms with E-state index in [4.69, 9.17) is 15.2 Å². The maximum atomic E-state index is 11.9. The van der Waals surface area contributed by atoms with Crippen molar-refractivity contribution in [2.24, 2.45) is 0 Å². The summed E-state index contributed by atoms with van der Waals surface area (Å²) in [6.07, 6.45) is -0.221. The van der Waals surface area contributed by atoms with E-state index in [9.17, 15) is 13.2 Å². The number of hydrogen-bond acceptors (Lipinski definition) is 6. The number of nitrogens with two attached hydrogens (primary N) is 1. The molecule has 7 heteroatoms. The number of sulfone groups is 1. The quantitative estimate of drug-likeness (QED) is 0.646. The predicted octanol–water partition coefficient (Wildman–Crippen LogP) is 0.621. The first-order valence-corrected chi connectivity index (χ1v) is 7.58. The Morgan fingerprint density at radius 1 is 1.42 bits per heavy atom. The highest BCUT2D eigenvalue weighted by atomic mass is 32.2. The van der Waals surface area contributed by atoms with Crippen LogP contribution in [0.15, 0.2) is 18.2 Å². The summed E-state index contributed by atoms with van der Waals surface area (Å²) < 4.78 is 32.7. The molecule has 1 fully saturated rings. The SMILES string of the molecule is COc1cc(C(=O)OC2CCS(=O)(=O)C2)ccc1N. The van der Waals surface area contributed by atoms with Crippen LogP contribution in [0.25, 0.3) is 0 Å². The third kappa shape index (κ3) is 3.17. The lowest BCUT2D eigenvalue weighted by atomic mass is 10.2. The van der Waals surface area contributed by atoms with Crippen molar-refractivity contribution in [3.8, 4) is 5.75 Å². The van der Waals surface area contributed by atoms with Gasteiger partial charge in [0.1, 0.15) is 11.9 Å². The molecule has 19 heavy (non-hydrogen) atoms. The lowest BCUT2D eigenvalue weighted by Gasteiger charge is -2.11. The van der Waals surface area contributed by atoms with Crippen molar-refractivity contribution in [3.63, 3.8) is 0 Å². The molecule has 2 rings (SSSR count). The normalized spacial score (nSPS) is 21.0. The van der Waals surface area contributed by atoms with Crippen molar-refractivity contribution < 1.29 is 22.7 Å². The fourth-order valence-electron chi connectivity index (χ4n) is 1.91. The average molecular weight is 285 g/mol. The van der Waals surface area contributed by atoms with Gasteiger partial charge in [0.15, 0.2) is 9.84 Å². The van der Waals surface area contributed by atoms with Crippen LogP contribution in [0.3, 0.4) is 0 Å². The van der Waals surface area contributed by atoms with Crippen LogP contribution < -0.4 is 10.5 Å². The van der Waals surface area contributed by atoms with Crippen molar-refractivity contribution >= 4 is 21.5 Å². The topological polar surface area (TPSA) is 95.7 Å². The third-order valence-electron chi connectivity index (χ3n) is 2.93. The van der Waals surface area contributed by atoms with Crippen molar-refractivity contribution in [1.29, 1.82) is 0 Å². The molecule has 104 valence electrons. The van der Waals surface area contributed by atoms with Crippen LogP contribution in [-0.2, 0) is 14.6 Å². The number of hydrogen-bond donors (Lipinski definition) is 1. The van der Waals surface area contributed by atoms with Crippen LogP contribution >= 0.6 is 0 Å². The standard InChI is InChI=1S/C12H15NO5S/c1-17-11-6-8(2-3-10(11)13)12(14)18-9-4-5-19(15,16)7-9/h2-3,6,9H,4-5,7,13H2,1H3. The van der Waals surface area contributed by atoms with E-state index in [1.54, 1.807) is 6.07 Å². The van der Waals surface area contributed by atoms with Crippen molar-refractivity contribution in [2.75, 3.05) is 24.3 Å². The first-order valence-electron chi connectivity index (χ1n) is 5.76. The van der Waals surface area contributed by atoms with Crippen LogP contribution in [0.5, 0.6) is 5.75 Å². The van der Waals surface area contributed by atoms with Gasteiger partial charge in [-0.15, -0.1) is 0 Å². The van der Waals surface area contributed by atoms with Gasteiger partial charge in [-0.1, -0.05) is 0 Å². The second kappa shape index (κ2) is 5.08. The van der Waals surface area contributed by atoms with E-state index < -0.39 is 21.9 Å². The Morgan fingerprint density at radius 2 is 2.16 bits per heavy atom. The van der Waals surface area contributed by atoms with E-state index in [1.807, 2.05) is 0 Å². The van der Waals surface area contributed by atoms with Crippen molar-refractivity contribution in [3.05, 3.63) is 23.8 Å². The van der Waals surface area contributed by atoms with Gasteiger partial charge in [-0.2, -0.15) is 0 Å². The van der Waals surface area contributed by atoms with Crippen LogP contribution in [0, 0.1) is 0 Å². The summed E-state index contributed by atoms with van der Waals surface area (Å²) in [5, 5.41) is 0. The zero-order valence-corrected chi connectivity index (χ0v) is 11.3. The highest BCUT2D eigenvalue weighted by Gasteiger charge is 2.31. The number of ether oxygens (including phenoxy) is 2. The molecule has 1 aromatic carbocycles. The molecule has 0 aliphatic carbocycles. The van der Waals surface area contributed by atoms with E-state index in [0.717, 1.165) is 0 Å². The van der Waals surface area contributed by atoms with Gasteiger partial charge < -0.3 is 15.2 Å². The predicted molar refractivity (Wildman–Crippen MR) is 69.9 cm³/mol. The Bertz CT molecular complexity index is 596. The number of methoxy groups -OCH3 is 1. The minimum Gasteiger partial charge on any atom is -0.495 e. The monoisotopic (exact) mass is 285 g/mol. The van der Waals surface area contributed by atoms with Crippen molar-refractivity contribution in [1.82, 2.24) is 0 Å². The maximum Gasteiger partial charge on any atom is 0.338 e. The molecule has 0 radical (unpaired) electrons. The molecule has 1 saturated heterocycles. The van der Waals surface area contributed by atoms with Crippen molar-refractivity contribution in [2.45, 2.75) is 12.5 Å². The molecule has 1 aromatic rings. The largest absolute Gasteiger partial charge is 0.495 e. The first kappa shape index (κ1) is 13.7. The summed E-state index contributed by atoms with van der Waals surface area (Å²) >= 11 is 0. The Balaban J connectivity index is 2.08. The molecular weight excluding hydrogens is 270 g/mol. The minimum absolute atomic E-state index is 0.0655.